The van der Waals surface area contributed by atoms with Crippen molar-refractivity contribution < 1.29 is 19.4 Å². The van der Waals surface area contributed by atoms with Crippen molar-refractivity contribution in [3.8, 4) is 23.3 Å². The monoisotopic (exact) mass is 413 g/mol. The fraction of sp³-hybridized carbons (Fsp3) is 0.348. The van der Waals surface area contributed by atoms with E-state index in [0.717, 1.165) is 18.4 Å². The Labute approximate surface area is 176 Å². The Bertz CT molecular complexity index is 920. The number of methoxy groups -OCH3 is 1. The molecule has 0 spiro atoms. The summed E-state index contributed by atoms with van der Waals surface area (Å²) in [4.78, 5) is 12.3. The van der Waals surface area contributed by atoms with Crippen LogP contribution in [0.15, 0.2) is 48.5 Å². The van der Waals surface area contributed by atoms with Gasteiger partial charge in [0.25, 0.3) is 5.91 Å². The van der Waals surface area contributed by atoms with E-state index in [-0.39, 0.29) is 18.6 Å². The maximum atomic E-state index is 12.3. The zero-order valence-electron chi connectivity index (χ0n) is 16.3. The Morgan fingerprint density at radius 2 is 2.07 bits per heavy atom. The van der Waals surface area contributed by atoms with Crippen molar-refractivity contribution in [2.24, 2.45) is 0 Å². The first-order valence-corrected chi connectivity index (χ1v) is 9.91. The molecule has 2 aromatic carbocycles. The Balaban J connectivity index is 1.55. The van der Waals surface area contributed by atoms with E-state index >= 15 is 0 Å². The standard InChI is InChI=1S/C23H24ClNO4/c1-28-20-9-2-3-10-21(20)29-16-22(26)25-19-8-5-12-23(27,15-19)13-11-17-6-4-7-18(24)14-17/h2-4,6-7,9-10,14,19,27H,5,8,12,15-16H2,1H3,(H,25,26). The Hall–Kier alpha value is -2.68. The minimum absolute atomic E-state index is 0.122. The Kier molecular flexibility index (Phi) is 7.03. The van der Waals surface area contributed by atoms with Crippen LogP contribution in [-0.4, -0.2) is 36.4 Å². The van der Waals surface area contributed by atoms with Crippen molar-refractivity contribution >= 4 is 17.5 Å². The highest BCUT2D eigenvalue weighted by molar-refractivity contribution is 6.30. The lowest BCUT2D eigenvalue weighted by Crippen LogP contribution is -2.46. The van der Waals surface area contributed by atoms with Gasteiger partial charge in [0.05, 0.1) is 7.11 Å². The number of aliphatic hydroxyl groups is 1. The first-order chi connectivity index (χ1) is 14.0. The number of carbonyl (C=O) groups excluding carboxylic acids is 1. The zero-order valence-corrected chi connectivity index (χ0v) is 17.0. The molecule has 1 aliphatic rings. The van der Waals surface area contributed by atoms with Gasteiger partial charge in [-0.3, -0.25) is 4.79 Å². The Morgan fingerprint density at radius 1 is 1.28 bits per heavy atom. The van der Waals surface area contributed by atoms with Crippen LogP contribution in [0, 0.1) is 11.8 Å². The molecule has 5 nitrogen and oxygen atoms in total. The van der Waals surface area contributed by atoms with Gasteiger partial charge in [-0.15, -0.1) is 0 Å². The second-order valence-corrected chi connectivity index (χ2v) is 7.53. The molecule has 2 N–H and O–H groups in total. The molecule has 6 heteroatoms. The second-order valence-electron chi connectivity index (χ2n) is 7.09. The third kappa shape index (κ3) is 6.15. The molecule has 1 amide bonds. The molecule has 152 valence electrons. The molecule has 2 unspecified atom stereocenters. The summed E-state index contributed by atoms with van der Waals surface area (Å²) >= 11 is 5.98. The van der Waals surface area contributed by atoms with Gasteiger partial charge < -0.3 is 19.9 Å². The van der Waals surface area contributed by atoms with Gasteiger partial charge in [0.15, 0.2) is 18.1 Å². The number of carbonyl (C=O) groups is 1. The maximum Gasteiger partial charge on any atom is 0.258 e. The molecule has 1 saturated carbocycles. The van der Waals surface area contributed by atoms with Gasteiger partial charge in [0, 0.05) is 23.0 Å². The average molecular weight is 414 g/mol. The number of ether oxygens (including phenoxy) is 2. The first kappa shape index (κ1) is 21.0. The summed E-state index contributed by atoms with van der Waals surface area (Å²) in [5.41, 5.74) is -0.385. The highest BCUT2D eigenvalue weighted by Gasteiger charge is 2.33. The van der Waals surface area contributed by atoms with Crippen molar-refractivity contribution in [3.63, 3.8) is 0 Å². The predicted molar refractivity (Wildman–Crippen MR) is 112 cm³/mol. The van der Waals surface area contributed by atoms with E-state index < -0.39 is 5.60 Å². The molecular formula is C23H24ClNO4. The lowest BCUT2D eigenvalue weighted by atomic mass is 9.82. The third-order valence-electron chi connectivity index (χ3n) is 4.78. The van der Waals surface area contributed by atoms with Crippen molar-refractivity contribution in [1.82, 2.24) is 5.32 Å². The van der Waals surface area contributed by atoms with Gasteiger partial charge in [0.2, 0.25) is 0 Å². The first-order valence-electron chi connectivity index (χ1n) is 9.54. The SMILES string of the molecule is COc1ccccc1OCC(=O)NC1CCCC(O)(C#Cc2cccc(Cl)c2)C1. The highest BCUT2D eigenvalue weighted by Crippen LogP contribution is 2.28. The van der Waals surface area contributed by atoms with E-state index in [1.54, 1.807) is 31.4 Å². The fourth-order valence-corrected chi connectivity index (χ4v) is 3.59. The molecule has 0 aromatic heterocycles. The number of hydrogen-bond donors (Lipinski definition) is 2. The maximum absolute atomic E-state index is 12.3. The van der Waals surface area contributed by atoms with Crippen molar-refractivity contribution in [3.05, 3.63) is 59.1 Å². The van der Waals surface area contributed by atoms with Crippen LogP contribution >= 0.6 is 11.6 Å². The molecule has 0 heterocycles. The van der Waals surface area contributed by atoms with Gasteiger partial charge in [-0.05, 0) is 49.6 Å². The van der Waals surface area contributed by atoms with Crippen LogP contribution in [0.4, 0.5) is 0 Å². The van der Waals surface area contributed by atoms with Crippen LogP contribution in [-0.2, 0) is 4.79 Å². The largest absolute Gasteiger partial charge is 0.493 e. The van der Waals surface area contributed by atoms with E-state index in [4.69, 9.17) is 21.1 Å². The third-order valence-corrected chi connectivity index (χ3v) is 5.02. The lowest BCUT2D eigenvalue weighted by molar-refractivity contribution is -0.124. The van der Waals surface area contributed by atoms with Gasteiger partial charge in [0.1, 0.15) is 5.60 Å². The second kappa shape index (κ2) is 9.69. The summed E-state index contributed by atoms with van der Waals surface area (Å²) in [5, 5.41) is 14.4. The highest BCUT2D eigenvalue weighted by atomic mass is 35.5. The molecule has 1 fully saturated rings. The topological polar surface area (TPSA) is 67.8 Å². The number of amides is 1. The van der Waals surface area contributed by atoms with E-state index in [0.29, 0.717) is 29.4 Å². The number of para-hydroxylation sites is 2. The van der Waals surface area contributed by atoms with Gasteiger partial charge in [-0.2, -0.15) is 0 Å². The van der Waals surface area contributed by atoms with Crippen LogP contribution in [0.3, 0.4) is 0 Å². The molecule has 0 radical (unpaired) electrons. The quantitative estimate of drug-likeness (QED) is 0.735. The number of benzene rings is 2. The molecule has 0 saturated heterocycles. The summed E-state index contributed by atoms with van der Waals surface area (Å²) in [6, 6.07) is 14.2. The summed E-state index contributed by atoms with van der Waals surface area (Å²) < 4.78 is 10.8. The number of halogens is 1. The molecular weight excluding hydrogens is 390 g/mol. The smallest absolute Gasteiger partial charge is 0.258 e. The minimum atomic E-state index is -1.14. The Morgan fingerprint density at radius 3 is 2.83 bits per heavy atom. The molecule has 0 bridgehead atoms. The molecule has 0 aliphatic heterocycles. The van der Waals surface area contributed by atoms with Crippen molar-refractivity contribution in [2.75, 3.05) is 13.7 Å². The molecule has 3 rings (SSSR count). The van der Waals surface area contributed by atoms with E-state index in [2.05, 4.69) is 17.2 Å². The number of rotatable bonds is 5. The van der Waals surface area contributed by atoms with Crippen molar-refractivity contribution in [1.29, 1.82) is 0 Å². The summed E-state index contributed by atoms with van der Waals surface area (Å²) in [6.07, 6.45) is 2.52. The average Bonchev–Trinajstić information content (AvgIpc) is 2.71. The van der Waals surface area contributed by atoms with Crippen molar-refractivity contribution in [2.45, 2.75) is 37.3 Å². The minimum Gasteiger partial charge on any atom is -0.493 e. The molecule has 29 heavy (non-hydrogen) atoms. The van der Waals surface area contributed by atoms with Crippen LogP contribution in [0.5, 0.6) is 11.5 Å². The number of hydrogen-bond acceptors (Lipinski definition) is 4. The van der Waals surface area contributed by atoms with Gasteiger partial charge in [-0.25, -0.2) is 0 Å². The van der Waals surface area contributed by atoms with E-state index in [9.17, 15) is 9.90 Å². The lowest BCUT2D eigenvalue weighted by Gasteiger charge is -2.33. The molecule has 2 atom stereocenters. The van der Waals surface area contributed by atoms with Gasteiger partial charge >= 0.3 is 0 Å². The molecule has 1 aliphatic carbocycles. The van der Waals surface area contributed by atoms with Crippen LogP contribution in [0.1, 0.15) is 31.2 Å². The van der Waals surface area contributed by atoms with E-state index in [1.807, 2.05) is 24.3 Å². The summed E-state index contributed by atoms with van der Waals surface area (Å²) in [5.74, 6) is 6.80. The molecule has 2 aromatic rings. The zero-order chi connectivity index (χ0) is 20.7. The van der Waals surface area contributed by atoms with Crippen LogP contribution in [0.25, 0.3) is 0 Å². The predicted octanol–water partition coefficient (Wildman–Crippen LogP) is 3.57. The normalized spacial score (nSPS) is 20.9. The summed E-state index contributed by atoms with van der Waals surface area (Å²) in [6.45, 7) is -0.122. The van der Waals surface area contributed by atoms with E-state index in [1.165, 1.54) is 0 Å². The number of nitrogens with one attached hydrogen (secondary N) is 1. The van der Waals surface area contributed by atoms with Crippen LogP contribution < -0.4 is 14.8 Å². The summed E-state index contributed by atoms with van der Waals surface area (Å²) in [7, 11) is 1.55. The van der Waals surface area contributed by atoms with Gasteiger partial charge in [-0.1, -0.05) is 41.6 Å². The van der Waals surface area contributed by atoms with Crippen LogP contribution in [0.2, 0.25) is 5.02 Å². The fourth-order valence-electron chi connectivity index (χ4n) is 3.39.